The lowest BCUT2D eigenvalue weighted by Gasteiger charge is -2.20. The van der Waals surface area contributed by atoms with Crippen LogP contribution in [0.25, 0.3) is 0 Å². The first-order valence-electron chi connectivity index (χ1n) is 6.43. The molecule has 1 aliphatic heterocycles. The van der Waals surface area contributed by atoms with Gasteiger partial charge in [-0.2, -0.15) is 0 Å². The molecule has 0 spiro atoms. The van der Waals surface area contributed by atoms with Crippen LogP contribution in [-0.2, 0) is 14.3 Å². The molecular formula is C12H20N2O6. The van der Waals surface area contributed by atoms with Gasteiger partial charge in [0.05, 0.1) is 6.61 Å². The van der Waals surface area contributed by atoms with E-state index in [1.807, 2.05) is 0 Å². The van der Waals surface area contributed by atoms with Crippen LogP contribution in [0.15, 0.2) is 0 Å². The number of hydrogen-bond acceptors (Lipinski definition) is 4. The number of hydrogen-bond donors (Lipinski definition) is 3. The van der Waals surface area contributed by atoms with Gasteiger partial charge in [0.25, 0.3) is 0 Å². The molecule has 0 bridgehead atoms. The van der Waals surface area contributed by atoms with Crippen LogP contribution in [0.3, 0.4) is 0 Å². The predicted molar refractivity (Wildman–Crippen MR) is 68.4 cm³/mol. The number of carboxylic acids is 2. The van der Waals surface area contributed by atoms with Crippen molar-refractivity contribution >= 4 is 18.0 Å². The standard InChI is InChI=1S/C12H20N2O6/c1-20-7-8-4-5-14(6-8)12(19)13-9(11(17)18)2-3-10(15)16/h8-9H,2-7H2,1H3,(H,13,19)(H,15,16)(H,17,18)/t8?,9-/m0/s1. The summed E-state index contributed by atoms with van der Waals surface area (Å²) in [5, 5.41) is 19.9. The Hall–Kier alpha value is -1.83. The highest BCUT2D eigenvalue weighted by molar-refractivity contribution is 5.83. The number of aliphatic carboxylic acids is 2. The molecule has 1 fully saturated rings. The second-order valence-electron chi connectivity index (χ2n) is 4.83. The lowest BCUT2D eigenvalue weighted by molar-refractivity contribution is -0.140. The fourth-order valence-electron chi connectivity index (χ4n) is 2.15. The number of likely N-dealkylation sites (tertiary alicyclic amines) is 1. The minimum absolute atomic E-state index is 0.133. The SMILES string of the molecule is COCC1CCN(C(=O)N[C@@H](CCC(=O)O)C(=O)O)C1. The largest absolute Gasteiger partial charge is 0.481 e. The average Bonchev–Trinajstić information content (AvgIpc) is 2.82. The van der Waals surface area contributed by atoms with Gasteiger partial charge in [-0.1, -0.05) is 0 Å². The normalized spacial score (nSPS) is 19.6. The van der Waals surface area contributed by atoms with Gasteiger partial charge >= 0.3 is 18.0 Å². The van der Waals surface area contributed by atoms with Crippen molar-refractivity contribution in [2.24, 2.45) is 5.92 Å². The van der Waals surface area contributed by atoms with Gasteiger partial charge in [-0.3, -0.25) is 4.79 Å². The van der Waals surface area contributed by atoms with Crippen molar-refractivity contribution in [3.8, 4) is 0 Å². The summed E-state index contributed by atoms with van der Waals surface area (Å²) in [4.78, 5) is 34.9. The molecule has 0 aromatic carbocycles. The summed E-state index contributed by atoms with van der Waals surface area (Å²) in [6.07, 6.45) is 0.378. The number of ether oxygens (including phenoxy) is 1. The van der Waals surface area contributed by atoms with Gasteiger partial charge in [0.2, 0.25) is 0 Å². The molecular weight excluding hydrogens is 268 g/mol. The van der Waals surface area contributed by atoms with E-state index >= 15 is 0 Å². The Kier molecular flexibility index (Phi) is 6.23. The number of carbonyl (C=O) groups excluding carboxylic acids is 1. The second kappa shape index (κ2) is 7.68. The van der Waals surface area contributed by atoms with Crippen molar-refractivity contribution in [3.05, 3.63) is 0 Å². The summed E-state index contributed by atoms with van der Waals surface area (Å²) in [6, 6.07) is -1.65. The van der Waals surface area contributed by atoms with E-state index in [1.54, 1.807) is 7.11 Å². The summed E-state index contributed by atoms with van der Waals surface area (Å²) in [5.74, 6) is -2.06. The average molecular weight is 288 g/mol. The van der Waals surface area contributed by atoms with Crippen molar-refractivity contribution in [2.45, 2.75) is 25.3 Å². The lowest BCUT2D eigenvalue weighted by atomic mass is 10.1. The van der Waals surface area contributed by atoms with Gasteiger partial charge in [-0.05, 0) is 12.8 Å². The molecule has 0 aromatic rings. The summed E-state index contributed by atoms with van der Waals surface area (Å²) >= 11 is 0. The molecule has 3 N–H and O–H groups in total. The number of amides is 2. The maximum atomic E-state index is 11.9. The van der Waals surface area contributed by atoms with Crippen LogP contribution < -0.4 is 5.32 Å². The molecule has 1 heterocycles. The lowest BCUT2D eigenvalue weighted by Crippen LogP contribution is -2.47. The molecule has 2 amide bonds. The maximum Gasteiger partial charge on any atom is 0.326 e. The molecule has 1 aliphatic rings. The molecule has 0 radical (unpaired) electrons. The number of urea groups is 1. The third kappa shape index (κ3) is 5.04. The highest BCUT2D eigenvalue weighted by Gasteiger charge is 2.29. The zero-order chi connectivity index (χ0) is 15.1. The smallest absolute Gasteiger partial charge is 0.326 e. The Morgan fingerprint density at radius 2 is 2.10 bits per heavy atom. The number of nitrogens with zero attached hydrogens (tertiary/aromatic N) is 1. The number of rotatable bonds is 7. The fraction of sp³-hybridized carbons (Fsp3) is 0.750. The third-order valence-corrected chi connectivity index (χ3v) is 3.22. The molecule has 1 saturated heterocycles. The van der Waals surface area contributed by atoms with Crippen molar-refractivity contribution in [1.82, 2.24) is 10.2 Å². The summed E-state index contributed by atoms with van der Waals surface area (Å²) < 4.78 is 5.02. The molecule has 114 valence electrons. The minimum atomic E-state index is -1.23. The van der Waals surface area contributed by atoms with E-state index < -0.39 is 24.0 Å². The zero-order valence-corrected chi connectivity index (χ0v) is 11.4. The quantitative estimate of drug-likeness (QED) is 0.606. The van der Waals surface area contributed by atoms with Crippen LogP contribution >= 0.6 is 0 Å². The van der Waals surface area contributed by atoms with Crippen molar-refractivity contribution in [2.75, 3.05) is 26.8 Å². The number of nitrogens with one attached hydrogen (secondary N) is 1. The van der Waals surface area contributed by atoms with Crippen molar-refractivity contribution in [3.63, 3.8) is 0 Å². The predicted octanol–water partition coefficient (Wildman–Crippen LogP) is -0.0177. The molecule has 1 rings (SSSR count). The zero-order valence-electron chi connectivity index (χ0n) is 11.4. The number of carboxylic acid groups (broad SMARTS) is 2. The first kappa shape index (κ1) is 16.2. The van der Waals surface area contributed by atoms with E-state index in [-0.39, 0.29) is 18.8 Å². The molecule has 0 aromatic heterocycles. The molecule has 2 atom stereocenters. The van der Waals surface area contributed by atoms with Crippen LogP contribution in [0.5, 0.6) is 0 Å². The van der Waals surface area contributed by atoms with Crippen LogP contribution in [0.4, 0.5) is 4.79 Å². The Bertz CT molecular complexity index is 373. The fourth-order valence-corrected chi connectivity index (χ4v) is 2.15. The topological polar surface area (TPSA) is 116 Å². The van der Waals surface area contributed by atoms with E-state index in [1.165, 1.54) is 4.90 Å². The first-order chi connectivity index (χ1) is 9.43. The Labute approximate surface area is 116 Å². The van der Waals surface area contributed by atoms with Crippen LogP contribution in [0.1, 0.15) is 19.3 Å². The van der Waals surface area contributed by atoms with Gasteiger partial charge in [-0.25, -0.2) is 9.59 Å². The van der Waals surface area contributed by atoms with Gasteiger partial charge in [-0.15, -0.1) is 0 Å². The Balaban J connectivity index is 2.46. The third-order valence-electron chi connectivity index (χ3n) is 3.22. The molecule has 1 unspecified atom stereocenters. The van der Waals surface area contributed by atoms with Crippen molar-refractivity contribution in [1.29, 1.82) is 0 Å². The van der Waals surface area contributed by atoms with Crippen LogP contribution in [0.2, 0.25) is 0 Å². The summed E-state index contributed by atoms with van der Waals surface area (Å²) in [5.41, 5.74) is 0. The van der Waals surface area contributed by atoms with E-state index in [0.29, 0.717) is 19.7 Å². The van der Waals surface area contributed by atoms with Crippen LogP contribution in [-0.4, -0.2) is 65.9 Å². The molecule has 8 nitrogen and oxygen atoms in total. The summed E-state index contributed by atoms with van der Waals surface area (Å²) in [6.45, 7) is 1.63. The molecule has 0 saturated carbocycles. The highest BCUT2D eigenvalue weighted by atomic mass is 16.5. The molecule has 20 heavy (non-hydrogen) atoms. The minimum Gasteiger partial charge on any atom is -0.481 e. The van der Waals surface area contributed by atoms with Gasteiger partial charge in [0.1, 0.15) is 6.04 Å². The second-order valence-corrected chi connectivity index (χ2v) is 4.83. The van der Waals surface area contributed by atoms with Crippen molar-refractivity contribution < 1.29 is 29.3 Å². The molecule has 0 aliphatic carbocycles. The van der Waals surface area contributed by atoms with Crippen LogP contribution in [0, 0.1) is 5.92 Å². The summed E-state index contributed by atoms with van der Waals surface area (Å²) in [7, 11) is 1.59. The Morgan fingerprint density at radius 1 is 1.40 bits per heavy atom. The first-order valence-corrected chi connectivity index (χ1v) is 6.43. The van der Waals surface area contributed by atoms with Gasteiger partial charge < -0.3 is 25.2 Å². The number of methoxy groups -OCH3 is 1. The Morgan fingerprint density at radius 3 is 2.65 bits per heavy atom. The molecule has 8 heteroatoms. The van der Waals surface area contributed by atoms with E-state index in [9.17, 15) is 14.4 Å². The monoisotopic (exact) mass is 288 g/mol. The van der Waals surface area contributed by atoms with E-state index in [2.05, 4.69) is 5.32 Å². The van der Waals surface area contributed by atoms with E-state index in [0.717, 1.165) is 6.42 Å². The maximum absolute atomic E-state index is 11.9. The number of carbonyl (C=O) groups is 3. The van der Waals surface area contributed by atoms with Gasteiger partial charge in [0, 0.05) is 32.5 Å². The van der Waals surface area contributed by atoms with E-state index in [4.69, 9.17) is 14.9 Å². The highest BCUT2D eigenvalue weighted by Crippen LogP contribution is 2.16. The van der Waals surface area contributed by atoms with Gasteiger partial charge in [0.15, 0.2) is 0 Å².